The third-order valence-corrected chi connectivity index (χ3v) is 2.64. The number of nitrogens with two attached hydrogens (primary N) is 1. The van der Waals surface area contributed by atoms with Gasteiger partial charge in [0.25, 0.3) is 0 Å². The summed E-state index contributed by atoms with van der Waals surface area (Å²) in [5.74, 6) is 1.81. The van der Waals surface area contributed by atoms with Crippen molar-refractivity contribution in [3.05, 3.63) is 35.7 Å². The van der Waals surface area contributed by atoms with Crippen molar-refractivity contribution >= 4 is 12.0 Å². The summed E-state index contributed by atoms with van der Waals surface area (Å²) in [6, 6.07) is 5.51. The molecule has 0 amide bonds. The molecule has 0 aliphatic carbocycles. The van der Waals surface area contributed by atoms with Crippen molar-refractivity contribution in [3.63, 3.8) is 0 Å². The molecule has 0 fully saturated rings. The Morgan fingerprint density at radius 2 is 1.90 bits per heavy atom. The maximum atomic E-state index is 5.80. The fraction of sp³-hybridized carbons (Fsp3) is 0.214. The SMILES string of the molecule is CO/N=C\c1c(N)ncnc1Oc1cc(C)cc(OC)c1. The number of ether oxygens (including phenoxy) is 2. The van der Waals surface area contributed by atoms with Crippen LogP contribution in [0, 0.1) is 6.92 Å². The van der Waals surface area contributed by atoms with Gasteiger partial charge in [0.2, 0.25) is 5.88 Å². The number of nitrogens with zero attached hydrogens (tertiary/aromatic N) is 3. The molecular formula is C14H16N4O3. The highest BCUT2D eigenvalue weighted by Crippen LogP contribution is 2.28. The van der Waals surface area contributed by atoms with Crippen molar-refractivity contribution in [2.75, 3.05) is 20.0 Å². The van der Waals surface area contributed by atoms with Crippen LogP contribution in [-0.2, 0) is 4.84 Å². The second-order valence-corrected chi connectivity index (χ2v) is 4.18. The Morgan fingerprint density at radius 3 is 2.62 bits per heavy atom. The monoisotopic (exact) mass is 288 g/mol. The average molecular weight is 288 g/mol. The molecule has 2 aromatic rings. The molecule has 0 saturated heterocycles. The van der Waals surface area contributed by atoms with E-state index in [-0.39, 0.29) is 11.7 Å². The molecule has 7 nitrogen and oxygen atoms in total. The lowest BCUT2D eigenvalue weighted by molar-refractivity contribution is 0.215. The van der Waals surface area contributed by atoms with Gasteiger partial charge >= 0.3 is 0 Å². The minimum atomic E-state index is 0.250. The van der Waals surface area contributed by atoms with Gasteiger partial charge in [-0.15, -0.1) is 0 Å². The summed E-state index contributed by atoms with van der Waals surface area (Å²) >= 11 is 0. The van der Waals surface area contributed by atoms with Crippen LogP contribution in [0.3, 0.4) is 0 Å². The molecule has 0 aliphatic heterocycles. The standard InChI is InChI=1S/C14H16N4O3/c1-9-4-10(19-2)6-11(5-9)21-14-12(7-18-20-3)13(15)16-8-17-14/h4-8H,1-3H3,(H2,15,16,17)/b18-7-. The van der Waals surface area contributed by atoms with Gasteiger partial charge in [0.1, 0.15) is 36.3 Å². The minimum absolute atomic E-state index is 0.250. The predicted octanol–water partition coefficient (Wildman–Crippen LogP) is 2.15. The second kappa shape index (κ2) is 6.56. The molecule has 0 bridgehead atoms. The molecule has 0 spiro atoms. The van der Waals surface area contributed by atoms with Gasteiger partial charge in [-0.05, 0) is 24.6 Å². The van der Waals surface area contributed by atoms with Crippen LogP contribution in [0.2, 0.25) is 0 Å². The lowest BCUT2D eigenvalue weighted by Crippen LogP contribution is -2.02. The van der Waals surface area contributed by atoms with Gasteiger partial charge in [-0.2, -0.15) is 0 Å². The first-order valence-electron chi connectivity index (χ1n) is 6.14. The van der Waals surface area contributed by atoms with Crippen LogP contribution in [-0.4, -0.2) is 30.4 Å². The highest BCUT2D eigenvalue weighted by Gasteiger charge is 2.11. The Hall–Kier alpha value is -2.83. The zero-order valence-electron chi connectivity index (χ0n) is 12.0. The van der Waals surface area contributed by atoms with Crippen molar-refractivity contribution in [2.24, 2.45) is 5.16 Å². The quantitative estimate of drug-likeness (QED) is 0.669. The van der Waals surface area contributed by atoms with Gasteiger partial charge in [-0.3, -0.25) is 0 Å². The van der Waals surface area contributed by atoms with Crippen molar-refractivity contribution in [2.45, 2.75) is 6.92 Å². The van der Waals surface area contributed by atoms with Gasteiger partial charge in [0.15, 0.2) is 0 Å². The Balaban J connectivity index is 2.37. The van der Waals surface area contributed by atoms with Crippen molar-refractivity contribution in [1.82, 2.24) is 9.97 Å². The molecule has 0 radical (unpaired) electrons. The normalized spacial score (nSPS) is 10.6. The molecule has 0 saturated carbocycles. The summed E-state index contributed by atoms with van der Waals surface area (Å²) in [6.45, 7) is 1.94. The number of anilines is 1. The molecule has 2 rings (SSSR count). The third kappa shape index (κ3) is 3.59. The second-order valence-electron chi connectivity index (χ2n) is 4.18. The number of hydrogen-bond acceptors (Lipinski definition) is 7. The molecule has 2 N–H and O–H groups in total. The summed E-state index contributed by atoms with van der Waals surface area (Å²) < 4.78 is 11.0. The molecule has 0 atom stereocenters. The van der Waals surface area contributed by atoms with Gasteiger partial charge < -0.3 is 20.0 Å². The minimum Gasteiger partial charge on any atom is -0.497 e. The van der Waals surface area contributed by atoms with E-state index in [0.717, 1.165) is 5.56 Å². The predicted molar refractivity (Wildman–Crippen MR) is 78.9 cm³/mol. The Labute approximate surface area is 122 Å². The van der Waals surface area contributed by atoms with Crippen molar-refractivity contribution in [3.8, 4) is 17.4 Å². The lowest BCUT2D eigenvalue weighted by atomic mass is 10.2. The average Bonchev–Trinajstić information content (AvgIpc) is 2.46. The first-order valence-corrected chi connectivity index (χ1v) is 6.14. The number of aromatic nitrogens is 2. The van der Waals surface area contributed by atoms with Crippen LogP contribution in [0.4, 0.5) is 5.82 Å². The van der Waals surface area contributed by atoms with E-state index in [1.165, 1.54) is 19.7 Å². The third-order valence-electron chi connectivity index (χ3n) is 2.64. The first kappa shape index (κ1) is 14.6. The van der Waals surface area contributed by atoms with Crippen molar-refractivity contribution in [1.29, 1.82) is 0 Å². The van der Waals surface area contributed by atoms with Crippen LogP contribution in [0.1, 0.15) is 11.1 Å². The van der Waals surface area contributed by atoms with E-state index in [2.05, 4.69) is 20.0 Å². The summed E-state index contributed by atoms with van der Waals surface area (Å²) in [4.78, 5) is 12.6. The number of benzene rings is 1. The number of rotatable bonds is 5. The summed E-state index contributed by atoms with van der Waals surface area (Å²) in [7, 11) is 3.03. The maximum Gasteiger partial charge on any atom is 0.233 e. The molecular weight excluding hydrogens is 272 g/mol. The summed E-state index contributed by atoms with van der Waals surface area (Å²) in [5.41, 5.74) is 7.24. The number of oxime groups is 1. The molecule has 7 heteroatoms. The number of nitrogen functional groups attached to an aromatic ring is 1. The van der Waals surface area contributed by atoms with E-state index in [4.69, 9.17) is 15.2 Å². The highest BCUT2D eigenvalue weighted by molar-refractivity contribution is 5.88. The van der Waals surface area contributed by atoms with Crippen LogP contribution in [0.15, 0.2) is 29.7 Å². The number of hydrogen-bond donors (Lipinski definition) is 1. The molecule has 1 aromatic carbocycles. The summed E-state index contributed by atoms with van der Waals surface area (Å²) in [5, 5.41) is 3.67. The molecule has 21 heavy (non-hydrogen) atoms. The lowest BCUT2D eigenvalue weighted by Gasteiger charge is -2.10. The van der Waals surface area contributed by atoms with Crippen LogP contribution in [0.25, 0.3) is 0 Å². The van der Waals surface area contributed by atoms with E-state index in [0.29, 0.717) is 17.1 Å². The number of aryl methyl sites for hydroxylation is 1. The van der Waals surface area contributed by atoms with Gasteiger partial charge in [-0.25, -0.2) is 9.97 Å². The Bertz CT molecular complexity index is 659. The topological polar surface area (TPSA) is 91.9 Å². The Kier molecular flexibility index (Phi) is 4.55. The van der Waals surface area contributed by atoms with Crippen LogP contribution < -0.4 is 15.2 Å². The fourth-order valence-corrected chi connectivity index (χ4v) is 1.70. The van der Waals surface area contributed by atoms with E-state index < -0.39 is 0 Å². The molecule has 0 unspecified atom stereocenters. The van der Waals surface area contributed by atoms with E-state index >= 15 is 0 Å². The van der Waals surface area contributed by atoms with Crippen LogP contribution in [0.5, 0.6) is 17.4 Å². The van der Waals surface area contributed by atoms with E-state index in [9.17, 15) is 0 Å². The van der Waals surface area contributed by atoms with Gasteiger partial charge in [-0.1, -0.05) is 5.16 Å². The molecule has 1 heterocycles. The van der Waals surface area contributed by atoms with Crippen molar-refractivity contribution < 1.29 is 14.3 Å². The first-order chi connectivity index (χ1) is 10.1. The van der Waals surface area contributed by atoms with Crippen LogP contribution >= 0.6 is 0 Å². The fourth-order valence-electron chi connectivity index (χ4n) is 1.70. The van der Waals surface area contributed by atoms with E-state index in [1.807, 2.05) is 19.1 Å². The summed E-state index contributed by atoms with van der Waals surface area (Å²) in [6.07, 6.45) is 2.72. The highest BCUT2D eigenvalue weighted by atomic mass is 16.6. The zero-order chi connectivity index (χ0) is 15.2. The smallest absolute Gasteiger partial charge is 0.233 e. The van der Waals surface area contributed by atoms with Gasteiger partial charge in [0.05, 0.1) is 13.3 Å². The Morgan fingerprint density at radius 1 is 1.14 bits per heavy atom. The largest absolute Gasteiger partial charge is 0.497 e. The number of methoxy groups -OCH3 is 1. The molecule has 0 aliphatic rings. The zero-order valence-corrected chi connectivity index (χ0v) is 12.0. The molecule has 1 aromatic heterocycles. The molecule has 110 valence electrons. The van der Waals surface area contributed by atoms with E-state index in [1.54, 1.807) is 13.2 Å². The maximum absolute atomic E-state index is 5.80. The van der Waals surface area contributed by atoms with Gasteiger partial charge in [0, 0.05) is 6.07 Å².